The first-order chi connectivity index (χ1) is 12.9. The van der Waals surface area contributed by atoms with Gasteiger partial charge < -0.3 is 4.90 Å². The maximum absolute atomic E-state index is 12.8. The molecule has 140 valence electrons. The number of para-hydroxylation sites is 2. The van der Waals surface area contributed by atoms with Crippen molar-refractivity contribution in [2.24, 2.45) is 0 Å². The first-order valence-electron chi connectivity index (χ1n) is 8.69. The van der Waals surface area contributed by atoms with Crippen molar-refractivity contribution in [1.82, 2.24) is 14.3 Å². The summed E-state index contributed by atoms with van der Waals surface area (Å²) in [6, 6.07) is 14.5. The molecule has 0 saturated carbocycles. The molecule has 0 unspecified atom stereocenters. The van der Waals surface area contributed by atoms with Gasteiger partial charge in [0.1, 0.15) is 0 Å². The minimum absolute atomic E-state index is 0.324. The lowest BCUT2D eigenvalue weighted by atomic mass is 10.2. The van der Waals surface area contributed by atoms with E-state index in [0.29, 0.717) is 42.0 Å². The fourth-order valence-electron chi connectivity index (χ4n) is 3.17. The van der Waals surface area contributed by atoms with Gasteiger partial charge in [-0.2, -0.15) is 4.31 Å². The molecule has 2 heterocycles. The van der Waals surface area contributed by atoms with Crippen molar-refractivity contribution >= 4 is 38.5 Å². The molecule has 1 aromatic heterocycles. The van der Waals surface area contributed by atoms with Crippen molar-refractivity contribution in [3.63, 3.8) is 0 Å². The Kier molecular flexibility index (Phi) is 4.75. The van der Waals surface area contributed by atoms with Crippen LogP contribution in [0.25, 0.3) is 11.0 Å². The molecular formula is C19H19ClN4O2S. The first kappa shape index (κ1) is 18.2. The zero-order chi connectivity index (χ0) is 19.0. The molecule has 4 rings (SSSR count). The molecular weight excluding hydrogens is 384 g/mol. The van der Waals surface area contributed by atoms with Crippen LogP contribution in [0.3, 0.4) is 0 Å². The Hall–Kier alpha value is -2.22. The lowest BCUT2D eigenvalue weighted by Crippen LogP contribution is -2.49. The quantitative estimate of drug-likeness (QED) is 0.673. The largest absolute Gasteiger partial charge is 0.351 e. The second kappa shape index (κ2) is 7.07. The fourth-order valence-corrected chi connectivity index (χ4v) is 4.84. The third kappa shape index (κ3) is 3.50. The van der Waals surface area contributed by atoms with Crippen LogP contribution < -0.4 is 4.90 Å². The number of rotatable bonds is 3. The predicted molar refractivity (Wildman–Crippen MR) is 107 cm³/mol. The Morgan fingerprint density at radius 2 is 1.48 bits per heavy atom. The number of nitrogens with zero attached hydrogens (tertiary/aromatic N) is 4. The van der Waals surface area contributed by atoms with Gasteiger partial charge in [0.15, 0.2) is 11.0 Å². The summed E-state index contributed by atoms with van der Waals surface area (Å²) in [5, 5.41) is 0.337. The van der Waals surface area contributed by atoms with Gasteiger partial charge in [-0.05, 0) is 31.2 Å². The van der Waals surface area contributed by atoms with Gasteiger partial charge in [-0.15, -0.1) is 0 Å². The highest BCUT2D eigenvalue weighted by Crippen LogP contribution is 2.27. The summed E-state index contributed by atoms with van der Waals surface area (Å²) in [4.78, 5) is 11.3. The molecule has 3 aromatic rings. The highest BCUT2D eigenvalue weighted by Gasteiger charge is 2.29. The van der Waals surface area contributed by atoms with Gasteiger partial charge in [-0.3, -0.25) is 0 Å². The van der Waals surface area contributed by atoms with Crippen molar-refractivity contribution in [1.29, 1.82) is 0 Å². The molecule has 0 bridgehead atoms. The highest BCUT2D eigenvalue weighted by atomic mass is 35.5. The third-order valence-electron chi connectivity index (χ3n) is 4.71. The molecule has 8 heteroatoms. The minimum Gasteiger partial charge on any atom is -0.351 e. The monoisotopic (exact) mass is 402 g/mol. The van der Waals surface area contributed by atoms with E-state index in [9.17, 15) is 8.42 Å². The van der Waals surface area contributed by atoms with E-state index in [4.69, 9.17) is 11.6 Å². The van der Waals surface area contributed by atoms with Gasteiger partial charge in [0.05, 0.1) is 15.9 Å². The summed E-state index contributed by atoms with van der Waals surface area (Å²) in [6.07, 6.45) is 0. The van der Waals surface area contributed by atoms with Gasteiger partial charge in [-0.25, -0.2) is 18.4 Å². The number of benzene rings is 2. The summed E-state index contributed by atoms with van der Waals surface area (Å²) in [7, 11) is -3.49. The molecule has 0 atom stereocenters. The van der Waals surface area contributed by atoms with Crippen LogP contribution in [0.4, 0.5) is 5.82 Å². The van der Waals surface area contributed by atoms with Gasteiger partial charge in [0.2, 0.25) is 10.0 Å². The van der Waals surface area contributed by atoms with Crippen molar-refractivity contribution in [3.05, 3.63) is 59.2 Å². The number of halogens is 1. The van der Waals surface area contributed by atoms with Crippen molar-refractivity contribution in [2.45, 2.75) is 11.8 Å². The van der Waals surface area contributed by atoms with E-state index < -0.39 is 10.0 Å². The van der Waals surface area contributed by atoms with E-state index in [2.05, 4.69) is 9.97 Å². The minimum atomic E-state index is -3.49. The van der Waals surface area contributed by atoms with Crippen molar-refractivity contribution < 1.29 is 8.42 Å². The lowest BCUT2D eigenvalue weighted by Gasteiger charge is -2.34. The average molecular weight is 403 g/mol. The maximum atomic E-state index is 12.8. The predicted octanol–water partition coefficient (Wildman–Crippen LogP) is 3.10. The van der Waals surface area contributed by atoms with E-state index in [1.54, 1.807) is 12.1 Å². The molecule has 1 aliphatic heterocycles. The summed E-state index contributed by atoms with van der Waals surface area (Å²) < 4.78 is 27.2. The topological polar surface area (TPSA) is 66.4 Å². The van der Waals surface area contributed by atoms with Crippen molar-refractivity contribution in [3.8, 4) is 0 Å². The maximum Gasteiger partial charge on any atom is 0.243 e. The van der Waals surface area contributed by atoms with E-state index in [0.717, 1.165) is 16.6 Å². The SMILES string of the molecule is Cc1ccc(S(=O)(=O)N2CCN(c3nc4ccccc4nc3Cl)CC2)cc1. The van der Waals surface area contributed by atoms with Crippen LogP contribution in [0, 0.1) is 6.92 Å². The van der Waals surface area contributed by atoms with E-state index in [1.165, 1.54) is 4.31 Å². The van der Waals surface area contributed by atoms with Crippen molar-refractivity contribution in [2.75, 3.05) is 31.1 Å². The van der Waals surface area contributed by atoms with Gasteiger partial charge in [0, 0.05) is 26.2 Å². The van der Waals surface area contributed by atoms with Gasteiger partial charge >= 0.3 is 0 Å². The lowest BCUT2D eigenvalue weighted by molar-refractivity contribution is 0.384. The Labute approximate surface area is 163 Å². The molecule has 2 aromatic carbocycles. The van der Waals surface area contributed by atoms with Crippen LogP contribution in [0.5, 0.6) is 0 Å². The normalized spacial score (nSPS) is 16.0. The van der Waals surface area contributed by atoms with Crippen LogP contribution in [0.1, 0.15) is 5.56 Å². The number of sulfonamides is 1. The third-order valence-corrected chi connectivity index (χ3v) is 6.87. The van der Waals surface area contributed by atoms with Crippen LogP contribution in [0.15, 0.2) is 53.4 Å². The van der Waals surface area contributed by atoms with Crippen LogP contribution in [-0.4, -0.2) is 48.9 Å². The van der Waals surface area contributed by atoms with E-state index >= 15 is 0 Å². The molecule has 1 fully saturated rings. The number of hydrogen-bond acceptors (Lipinski definition) is 5. The standard InChI is InChI=1S/C19H19ClN4O2S/c1-14-6-8-15(9-7-14)27(25,26)24-12-10-23(11-13-24)19-18(20)21-16-4-2-3-5-17(16)22-19/h2-9H,10-13H2,1H3. The van der Waals surface area contributed by atoms with Crippen LogP contribution >= 0.6 is 11.6 Å². The highest BCUT2D eigenvalue weighted by molar-refractivity contribution is 7.89. The molecule has 1 aliphatic rings. The summed E-state index contributed by atoms with van der Waals surface area (Å²) >= 11 is 6.33. The molecule has 0 spiro atoms. The Morgan fingerprint density at radius 3 is 2.11 bits per heavy atom. The molecule has 27 heavy (non-hydrogen) atoms. The smallest absolute Gasteiger partial charge is 0.243 e. The van der Waals surface area contributed by atoms with E-state index in [-0.39, 0.29) is 0 Å². The summed E-state index contributed by atoms with van der Waals surface area (Å²) in [5.41, 5.74) is 2.54. The van der Waals surface area contributed by atoms with Crippen LogP contribution in [0.2, 0.25) is 5.15 Å². The van der Waals surface area contributed by atoms with E-state index in [1.807, 2.05) is 48.2 Å². The summed E-state index contributed by atoms with van der Waals surface area (Å²) in [6.45, 7) is 3.71. The average Bonchev–Trinajstić information content (AvgIpc) is 2.68. The number of anilines is 1. The molecule has 0 N–H and O–H groups in total. The molecule has 0 amide bonds. The Bertz CT molecular complexity index is 1080. The molecule has 0 aliphatic carbocycles. The zero-order valence-corrected chi connectivity index (χ0v) is 16.4. The molecule has 6 nitrogen and oxygen atoms in total. The first-order valence-corrected chi connectivity index (χ1v) is 10.5. The molecule has 1 saturated heterocycles. The second-order valence-corrected chi connectivity index (χ2v) is 8.83. The number of piperazine rings is 1. The fraction of sp³-hybridized carbons (Fsp3) is 0.263. The number of aryl methyl sites for hydroxylation is 1. The second-order valence-electron chi connectivity index (χ2n) is 6.53. The van der Waals surface area contributed by atoms with Gasteiger partial charge in [-0.1, -0.05) is 41.4 Å². The number of aromatic nitrogens is 2. The summed E-state index contributed by atoms with van der Waals surface area (Å²) in [5.74, 6) is 0.600. The Balaban J connectivity index is 1.54. The Morgan fingerprint density at radius 1 is 0.889 bits per heavy atom. The number of hydrogen-bond donors (Lipinski definition) is 0. The van der Waals surface area contributed by atoms with Gasteiger partial charge in [0.25, 0.3) is 0 Å². The van der Waals surface area contributed by atoms with Crippen LogP contribution in [-0.2, 0) is 10.0 Å². The number of fused-ring (bicyclic) bond motifs is 1. The molecule has 0 radical (unpaired) electrons. The zero-order valence-electron chi connectivity index (χ0n) is 14.8.